The highest BCUT2D eigenvalue weighted by atomic mass is 16.5. The normalized spacial score (nSPS) is 29.1. The summed E-state index contributed by atoms with van der Waals surface area (Å²) < 4.78 is 12.9. The quantitative estimate of drug-likeness (QED) is 0.690. The molecule has 184 valence electrons. The molecule has 2 aromatic carbocycles. The van der Waals surface area contributed by atoms with Gasteiger partial charge in [-0.1, -0.05) is 24.3 Å². The van der Waals surface area contributed by atoms with Crippen molar-refractivity contribution in [1.82, 2.24) is 4.90 Å². The van der Waals surface area contributed by atoms with E-state index in [1.807, 2.05) is 36.4 Å². The van der Waals surface area contributed by atoms with Crippen molar-refractivity contribution in [3.8, 4) is 11.5 Å². The minimum absolute atomic E-state index is 0.0421. The van der Waals surface area contributed by atoms with E-state index in [2.05, 4.69) is 24.1 Å². The van der Waals surface area contributed by atoms with Gasteiger partial charge in [-0.2, -0.15) is 0 Å². The minimum Gasteiger partial charge on any atom is -0.504 e. The molecular formula is C27H31N3O5. The Morgan fingerprint density at radius 1 is 1.20 bits per heavy atom. The van der Waals surface area contributed by atoms with E-state index < -0.39 is 5.60 Å². The number of amides is 2. The molecule has 2 aromatic rings. The lowest BCUT2D eigenvalue weighted by molar-refractivity contribution is -0.187. The largest absolute Gasteiger partial charge is 0.504 e. The monoisotopic (exact) mass is 477 g/mol. The Morgan fingerprint density at radius 3 is 2.89 bits per heavy atom. The number of piperidine rings is 1. The molecule has 35 heavy (non-hydrogen) atoms. The summed E-state index contributed by atoms with van der Waals surface area (Å²) in [5, 5.41) is 13.2. The number of carbonyl (C=O) groups excluding carboxylic acids is 2. The standard InChI is InChI=1S/C27H31N3O5/c1-27(2)18-12-16-13-29(15-24(33)30-14-23(32)28-19-7-3-4-8-20(19)30)11-10-22(16)34-25(18)17-6-5-9-21(31)26(17)35-27/h3-9,16,18,22,25,31H,10-15H2,1-2H3,(H,28,32)/t16-,18+,22+,25-/m1/s1. The third-order valence-electron chi connectivity index (χ3n) is 8.01. The van der Waals surface area contributed by atoms with Gasteiger partial charge in [0.15, 0.2) is 11.5 Å². The molecule has 8 heteroatoms. The van der Waals surface area contributed by atoms with Gasteiger partial charge in [-0.05, 0) is 50.8 Å². The van der Waals surface area contributed by atoms with E-state index in [1.54, 1.807) is 11.0 Å². The Hall–Kier alpha value is -3.10. The summed E-state index contributed by atoms with van der Waals surface area (Å²) in [5.41, 5.74) is 1.87. The molecule has 4 aliphatic rings. The van der Waals surface area contributed by atoms with Crippen LogP contribution in [-0.4, -0.2) is 59.7 Å². The van der Waals surface area contributed by atoms with Crippen molar-refractivity contribution in [2.75, 3.05) is 36.4 Å². The number of phenolic OH excluding ortho intramolecular Hbond substituents is 1. The van der Waals surface area contributed by atoms with E-state index in [9.17, 15) is 14.7 Å². The third-order valence-corrected chi connectivity index (χ3v) is 8.01. The summed E-state index contributed by atoms with van der Waals surface area (Å²) in [4.78, 5) is 29.2. The number of benzene rings is 2. The minimum atomic E-state index is -0.482. The van der Waals surface area contributed by atoms with Crippen LogP contribution in [0.2, 0.25) is 0 Å². The summed E-state index contributed by atoms with van der Waals surface area (Å²) in [6.45, 7) is 5.97. The zero-order valence-corrected chi connectivity index (χ0v) is 20.1. The number of carbonyl (C=O) groups is 2. The number of para-hydroxylation sites is 3. The molecule has 0 radical (unpaired) electrons. The summed E-state index contributed by atoms with van der Waals surface area (Å²) in [6.07, 6.45) is 1.76. The van der Waals surface area contributed by atoms with Crippen LogP contribution >= 0.6 is 0 Å². The van der Waals surface area contributed by atoms with Gasteiger partial charge in [0.2, 0.25) is 11.8 Å². The molecule has 0 spiro atoms. The maximum Gasteiger partial charge on any atom is 0.244 e. The fourth-order valence-corrected chi connectivity index (χ4v) is 6.25. The summed E-state index contributed by atoms with van der Waals surface area (Å²) >= 11 is 0. The molecule has 0 saturated carbocycles. The number of nitrogens with zero attached hydrogens (tertiary/aromatic N) is 2. The average Bonchev–Trinajstić information content (AvgIpc) is 2.83. The molecule has 0 aromatic heterocycles. The van der Waals surface area contributed by atoms with Crippen LogP contribution in [0, 0.1) is 11.8 Å². The topological polar surface area (TPSA) is 91.3 Å². The second-order valence-corrected chi connectivity index (χ2v) is 10.7. The molecule has 0 bridgehead atoms. The Labute approximate surface area is 204 Å². The van der Waals surface area contributed by atoms with E-state index in [-0.39, 0.29) is 54.7 Å². The van der Waals surface area contributed by atoms with Crippen LogP contribution in [0.1, 0.15) is 38.4 Å². The predicted octanol–water partition coefficient (Wildman–Crippen LogP) is 3.32. The molecule has 4 heterocycles. The van der Waals surface area contributed by atoms with Gasteiger partial charge in [0.1, 0.15) is 12.1 Å². The van der Waals surface area contributed by atoms with Crippen LogP contribution in [0.4, 0.5) is 11.4 Å². The molecule has 4 atom stereocenters. The van der Waals surface area contributed by atoms with Gasteiger partial charge < -0.3 is 19.9 Å². The lowest BCUT2D eigenvalue weighted by Gasteiger charge is -2.53. The molecule has 6 rings (SSSR count). The van der Waals surface area contributed by atoms with Crippen molar-refractivity contribution in [2.24, 2.45) is 11.8 Å². The Kier molecular flexibility index (Phi) is 5.27. The number of hydrogen-bond acceptors (Lipinski definition) is 6. The van der Waals surface area contributed by atoms with Crippen LogP contribution in [0.25, 0.3) is 0 Å². The van der Waals surface area contributed by atoms with Gasteiger partial charge in [-0.15, -0.1) is 0 Å². The lowest BCUT2D eigenvalue weighted by atomic mass is 9.70. The number of hydrogen-bond donors (Lipinski definition) is 2. The first-order valence-corrected chi connectivity index (χ1v) is 12.4. The highest BCUT2D eigenvalue weighted by Crippen LogP contribution is 2.54. The number of aromatic hydroxyl groups is 1. The fraction of sp³-hybridized carbons (Fsp3) is 0.481. The van der Waals surface area contributed by atoms with Crippen LogP contribution in [0.15, 0.2) is 42.5 Å². The highest BCUT2D eigenvalue weighted by Gasteiger charge is 2.52. The van der Waals surface area contributed by atoms with Crippen molar-refractivity contribution in [3.63, 3.8) is 0 Å². The molecule has 2 amide bonds. The predicted molar refractivity (Wildman–Crippen MR) is 131 cm³/mol. The summed E-state index contributed by atoms with van der Waals surface area (Å²) in [6, 6.07) is 12.9. The Balaban J connectivity index is 1.17. The molecule has 2 N–H and O–H groups in total. The van der Waals surface area contributed by atoms with Crippen molar-refractivity contribution in [1.29, 1.82) is 0 Å². The smallest absolute Gasteiger partial charge is 0.244 e. The number of likely N-dealkylation sites (tertiary alicyclic amines) is 1. The first-order chi connectivity index (χ1) is 16.8. The zero-order valence-electron chi connectivity index (χ0n) is 20.1. The number of nitrogens with one attached hydrogen (secondary N) is 1. The third kappa shape index (κ3) is 3.85. The lowest BCUT2D eigenvalue weighted by Crippen LogP contribution is -2.56. The van der Waals surface area contributed by atoms with Crippen molar-refractivity contribution in [2.45, 2.75) is 44.5 Å². The number of rotatable bonds is 2. The van der Waals surface area contributed by atoms with Gasteiger partial charge in [-0.25, -0.2) is 0 Å². The van der Waals surface area contributed by atoms with Crippen molar-refractivity contribution < 1.29 is 24.2 Å². The molecule has 2 fully saturated rings. The van der Waals surface area contributed by atoms with E-state index in [4.69, 9.17) is 9.47 Å². The number of anilines is 2. The molecule has 0 unspecified atom stereocenters. The highest BCUT2D eigenvalue weighted by molar-refractivity contribution is 6.10. The van der Waals surface area contributed by atoms with E-state index in [1.165, 1.54) is 0 Å². The first-order valence-electron chi connectivity index (χ1n) is 12.4. The van der Waals surface area contributed by atoms with Gasteiger partial charge in [0.05, 0.1) is 30.1 Å². The van der Waals surface area contributed by atoms with Gasteiger partial charge >= 0.3 is 0 Å². The van der Waals surface area contributed by atoms with Gasteiger partial charge in [0.25, 0.3) is 0 Å². The van der Waals surface area contributed by atoms with Gasteiger partial charge in [0, 0.05) is 24.6 Å². The average molecular weight is 478 g/mol. The maximum absolute atomic E-state index is 13.3. The molecule has 4 aliphatic heterocycles. The number of fused-ring (bicyclic) bond motifs is 5. The van der Waals surface area contributed by atoms with E-state index in [0.717, 1.165) is 37.2 Å². The zero-order chi connectivity index (χ0) is 24.3. The molecule has 0 aliphatic carbocycles. The van der Waals surface area contributed by atoms with Crippen LogP contribution in [-0.2, 0) is 14.3 Å². The van der Waals surface area contributed by atoms with Crippen molar-refractivity contribution in [3.05, 3.63) is 48.0 Å². The van der Waals surface area contributed by atoms with Crippen LogP contribution in [0.3, 0.4) is 0 Å². The SMILES string of the molecule is CC1(C)Oc2c(O)cccc2[C@H]2O[C@H]3CCN(CC(=O)N4CC(=O)Nc5ccccc54)C[C@H]3C[C@@H]21. The Morgan fingerprint density at radius 2 is 2.03 bits per heavy atom. The second kappa shape index (κ2) is 8.24. The second-order valence-electron chi connectivity index (χ2n) is 10.7. The number of phenols is 1. The molecule has 8 nitrogen and oxygen atoms in total. The van der Waals surface area contributed by atoms with Crippen LogP contribution in [0.5, 0.6) is 11.5 Å². The fourth-order valence-electron chi connectivity index (χ4n) is 6.25. The maximum atomic E-state index is 13.3. The van der Waals surface area contributed by atoms with E-state index >= 15 is 0 Å². The Bertz CT molecular complexity index is 1180. The van der Waals surface area contributed by atoms with Gasteiger partial charge in [-0.3, -0.25) is 19.4 Å². The van der Waals surface area contributed by atoms with E-state index in [0.29, 0.717) is 11.4 Å². The molecular weight excluding hydrogens is 446 g/mol. The number of ether oxygens (including phenoxy) is 2. The summed E-state index contributed by atoms with van der Waals surface area (Å²) in [5.74, 6) is 0.884. The first kappa shape index (κ1) is 22.4. The van der Waals surface area contributed by atoms with Crippen LogP contribution < -0.4 is 15.0 Å². The van der Waals surface area contributed by atoms with Crippen molar-refractivity contribution >= 4 is 23.2 Å². The molecule has 2 saturated heterocycles. The summed E-state index contributed by atoms with van der Waals surface area (Å²) in [7, 11) is 0.